The fourth-order valence-corrected chi connectivity index (χ4v) is 1.93. The van der Waals surface area contributed by atoms with Crippen LogP contribution in [-0.4, -0.2) is 48.2 Å². The van der Waals surface area contributed by atoms with Crippen LogP contribution < -0.4 is 5.32 Å². The number of carboxylic acids is 1. The van der Waals surface area contributed by atoms with Gasteiger partial charge in [-0.15, -0.1) is 11.8 Å². The molecule has 0 aromatic carbocycles. The fraction of sp³-hybridized carbons (Fsp3) is 0.818. The second-order valence-corrected chi connectivity index (χ2v) is 5.24. The smallest absolute Gasteiger partial charge is 0.326 e. The Morgan fingerprint density at radius 1 is 1.41 bits per heavy atom. The molecule has 0 saturated heterocycles. The summed E-state index contributed by atoms with van der Waals surface area (Å²) in [7, 11) is 1.60. The van der Waals surface area contributed by atoms with Gasteiger partial charge in [0.05, 0.1) is 12.4 Å². The van der Waals surface area contributed by atoms with Crippen molar-refractivity contribution in [2.45, 2.75) is 26.3 Å². The second-order valence-electron chi connectivity index (χ2n) is 4.13. The van der Waals surface area contributed by atoms with Crippen molar-refractivity contribution in [2.24, 2.45) is 5.92 Å². The molecule has 0 rings (SSSR count). The Bertz CT molecular complexity index is 246. The van der Waals surface area contributed by atoms with E-state index in [2.05, 4.69) is 5.32 Å². The van der Waals surface area contributed by atoms with Gasteiger partial charge in [0.25, 0.3) is 0 Å². The van der Waals surface area contributed by atoms with E-state index in [0.717, 1.165) is 5.75 Å². The van der Waals surface area contributed by atoms with Crippen LogP contribution in [0, 0.1) is 5.92 Å². The van der Waals surface area contributed by atoms with Crippen LogP contribution in [0.1, 0.15) is 20.3 Å². The summed E-state index contributed by atoms with van der Waals surface area (Å²) in [6.45, 7) is 4.44. The van der Waals surface area contributed by atoms with Crippen molar-refractivity contribution >= 4 is 23.6 Å². The molecule has 0 unspecified atom stereocenters. The Hall–Kier alpha value is -0.750. The number of carboxylic acid groups (broad SMARTS) is 1. The van der Waals surface area contributed by atoms with Crippen LogP contribution in [0.4, 0.5) is 0 Å². The van der Waals surface area contributed by atoms with Crippen LogP contribution >= 0.6 is 11.8 Å². The number of ether oxygens (including phenoxy) is 1. The van der Waals surface area contributed by atoms with Crippen molar-refractivity contribution < 1.29 is 19.4 Å². The molecule has 1 atom stereocenters. The third-order valence-electron chi connectivity index (χ3n) is 2.01. The van der Waals surface area contributed by atoms with Crippen LogP contribution in [0.5, 0.6) is 0 Å². The van der Waals surface area contributed by atoms with Crippen LogP contribution in [0.25, 0.3) is 0 Å². The number of aliphatic carboxylic acids is 1. The number of carbonyl (C=O) groups is 2. The summed E-state index contributed by atoms with van der Waals surface area (Å²) in [5, 5.41) is 11.5. The van der Waals surface area contributed by atoms with Gasteiger partial charge in [0.15, 0.2) is 0 Å². The van der Waals surface area contributed by atoms with E-state index in [-0.39, 0.29) is 17.6 Å². The van der Waals surface area contributed by atoms with E-state index >= 15 is 0 Å². The largest absolute Gasteiger partial charge is 0.480 e. The third kappa shape index (κ3) is 9.00. The van der Waals surface area contributed by atoms with Gasteiger partial charge in [0, 0.05) is 12.9 Å². The first-order chi connectivity index (χ1) is 7.97. The lowest BCUT2D eigenvalue weighted by Crippen LogP contribution is -2.42. The van der Waals surface area contributed by atoms with Crippen LogP contribution in [0.15, 0.2) is 0 Å². The average Bonchev–Trinajstić information content (AvgIpc) is 2.22. The maximum Gasteiger partial charge on any atom is 0.326 e. The van der Waals surface area contributed by atoms with Gasteiger partial charge in [-0.2, -0.15) is 0 Å². The van der Waals surface area contributed by atoms with E-state index in [4.69, 9.17) is 9.84 Å². The van der Waals surface area contributed by atoms with E-state index in [9.17, 15) is 9.59 Å². The summed E-state index contributed by atoms with van der Waals surface area (Å²) in [4.78, 5) is 22.4. The highest BCUT2D eigenvalue weighted by Gasteiger charge is 2.20. The number of thioether (sulfide) groups is 1. The summed E-state index contributed by atoms with van der Waals surface area (Å²) in [6.07, 6.45) is 0.448. The minimum Gasteiger partial charge on any atom is -0.480 e. The standard InChI is InChI=1S/C11H21NO4S/c1-8(2)6-9(11(14)15)12-10(13)7-17-5-4-16-3/h8-9H,4-7H2,1-3H3,(H,12,13)(H,14,15)/t9-/m0/s1. The van der Waals surface area contributed by atoms with Gasteiger partial charge in [0.1, 0.15) is 6.04 Å². The molecule has 0 saturated carbocycles. The van der Waals surface area contributed by atoms with Crippen molar-refractivity contribution in [3.8, 4) is 0 Å². The highest BCUT2D eigenvalue weighted by molar-refractivity contribution is 7.99. The van der Waals surface area contributed by atoms with Gasteiger partial charge >= 0.3 is 5.97 Å². The van der Waals surface area contributed by atoms with Gasteiger partial charge in [-0.3, -0.25) is 4.79 Å². The van der Waals surface area contributed by atoms with E-state index in [1.807, 2.05) is 13.8 Å². The van der Waals surface area contributed by atoms with Crippen molar-refractivity contribution in [3.63, 3.8) is 0 Å². The number of amides is 1. The zero-order valence-electron chi connectivity index (χ0n) is 10.6. The molecule has 0 heterocycles. The molecule has 2 N–H and O–H groups in total. The number of rotatable bonds is 9. The summed E-state index contributed by atoms with van der Waals surface area (Å²) >= 11 is 1.43. The summed E-state index contributed by atoms with van der Waals surface area (Å²) in [6, 6.07) is -0.787. The van der Waals surface area contributed by atoms with Crippen LogP contribution in [0.2, 0.25) is 0 Å². The molecule has 17 heavy (non-hydrogen) atoms. The minimum atomic E-state index is -0.978. The maximum absolute atomic E-state index is 11.5. The van der Waals surface area contributed by atoms with Gasteiger partial charge in [-0.25, -0.2) is 4.79 Å². The normalized spacial score (nSPS) is 12.5. The predicted octanol–water partition coefficient (Wildman–Crippen LogP) is 0.981. The Morgan fingerprint density at radius 3 is 2.53 bits per heavy atom. The van der Waals surface area contributed by atoms with Crippen molar-refractivity contribution in [3.05, 3.63) is 0 Å². The molecule has 0 aromatic heterocycles. The number of nitrogens with one attached hydrogen (secondary N) is 1. The maximum atomic E-state index is 11.5. The molecular formula is C11H21NO4S. The first-order valence-corrected chi connectivity index (χ1v) is 6.71. The van der Waals surface area contributed by atoms with Gasteiger partial charge in [-0.1, -0.05) is 13.8 Å². The van der Waals surface area contributed by atoms with Crippen molar-refractivity contribution in [1.29, 1.82) is 0 Å². The first-order valence-electron chi connectivity index (χ1n) is 5.56. The zero-order valence-corrected chi connectivity index (χ0v) is 11.4. The molecule has 0 bridgehead atoms. The number of hydrogen-bond acceptors (Lipinski definition) is 4. The van der Waals surface area contributed by atoms with Crippen molar-refractivity contribution in [1.82, 2.24) is 5.32 Å². The van der Waals surface area contributed by atoms with E-state index in [1.165, 1.54) is 11.8 Å². The Balaban J connectivity index is 3.91. The second kappa shape index (κ2) is 9.30. The van der Waals surface area contributed by atoms with Crippen LogP contribution in [-0.2, 0) is 14.3 Å². The topological polar surface area (TPSA) is 75.6 Å². The summed E-state index contributed by atoms with van der Waals surface area (Å²) in [5.41, 5.74) is 0. The zero-order chi connectivity index (χ0) is 13.3. The molecule has 0 aliphatic heterocycles. The van der Waals surface area contributed by atoms with Gasteiger partial charge in [-0.05, 0) is 12.3 Å². The Morgan fingerprint density at radius 2 is 2.06 bits per heavy atom. The lowest BCUT2D eigenvalue weighted by molar-refractivity contribution is -0.141. The number of carbonyl (C=O) groups excluding carboxylic acids is 1. The van der Waals surface area contributed by atoms with E-state index in [1.54, 1.807) is 7.11 Å². The van der Waals surface area contributed by atoms with E-state index in [0.29, 0.717) is 13.0 Å². The molecule has 6 heteroatoms. The molecule has 0 aliphatic rings. The van der Waals surface area contributed by atoms with Gasteiger partial charge in [0.2, 0.25) is 5.91 Å². The Kier molecular flexibility index (Phi) is 8.89. The average molecular weight is 263 g/mol. The van der Waals surface area contributed by atoms with Crippen molar-refractivity contribution in [2.75, 3.05) is 25.2 Å². The number of hydrogen-bond donors (Lipinski definition) is 2. The molecule has 0 aromatic rings. The van der Waals surface area contributed by atoms with Crippen LogP contribution in [0.3, 0.4) is 0 Å². The summed E-state index contributed by atoms with van der Waals surface area (Å²) in [5.74, 6) is 0.0162. The number of methoxy groups -OCH3 is 1. The molecule has 0 aliphatic carbocycles. The molecule has 0 fully saturated rings. The molecule has 0 radical (unpaired) electrons. The Labute approximate surface area is 106 Å². The van der Waals surface area contributed by atoms with E-state index < -0.39 is 12.0 Å². The molecular weight excluding hydrogens is 242 g/mol. The molecule has 1 amide bonds. The molecule has 100 valence electrons. The summed E-state index contributed by atoms with van der Waals surface area (Å²) < 4.78 is 4.85. The predicted molar refractivity (Wildman–Crippen MR) is 68.2 cm³/mol. The quantitative estimate of drug-likeness (QED) is 0.607. The molecule has 0 spiro atoms. The SMILES string of the molecule is COCCSCC(=O)N[C@@H](CC(C)C)C(=O)O. The molecule has 5 nitrogen and oxygen atoms in total. The van der Waals surface area contributed by atoms with Gasteiger partial charge < -0.3 is 15.2 Å². The monoisotopic (exact) mass is 263 g/mol. The fourth-order valence-electron chi connectivity index (χ4n) is 1.24. The lowest BCUT2D eigenvalue weighted by atomic mass is 10.0. The first kappa shape index (κ1) is 16.2. The highest BCUT2D eigenvalue weighted by Crippen LogP contribution is 2.06. The highest BCUT2D eigenvalue weighted by atomic mass is 32.2. The third-order valence-corrected chi connectivity index (χ3v) is 2.93. The minimum absolute atomic E-state index is 0.234. The lowest BCUT2D eigenvalue weighted by Gasteiger charge is -2.16.